The molecule has 108 valence electrons. The van der Waals surface area contributed by atoms with Crippen molar-refractivity contribution < 1.29 is 4.79 Å². The lowest BCUT2D eigenvalue weighted by molar-refractivity contribution is -0.122. The summed E-state index contributed by atoms with van der Waals surface area (Å²) >= 11 is 5.14. The van der Waals surface area contributed by atoms with Crippen LogP contribution in [0.4, 0.5) is 0 Å². The van der Waals surface area contributed by atoms with E-state index in [0.717, 1.165) is 4.47 Å². The molecule has 0 aliphatic heterocycles. The van der Waals surface area contributed by atoms with Crippen molar-refractivity contribution in [3.05, 3.63) is 28.7 Å². The van der Waals surface area contributed by atoms with Gasteiger partial charge in [-0.2, -0.15) is 0 Å². The molecule has 1 aromatic carbocycles. The maximum absolute atomic E-state index is 11.4. The number of carbonyl (C=O) groups excluding carboxylic acids is 1. The molecule has 1 amide bonds. The molecule has 0 aromatic heterocycles. The number of halogens is 2. The summed E-state index contributed by atoms with van der Waals surface area (Å²) in [4.78, 5) is 12.6. The van der Waals surface area contributed by atoms with Crippen molar-refractivity contribution >= 4 is 46.0 Å². The molecule has 0 heterocycles. The average Bonchev–Trinajstić information content (AvgIpc) is 2.29. The SMILES string of the molecule is C[C@@H](N)C(=O)NCC(C)(C)Sc1ccc(Br)cc1.Cl. The fourth-order valence-corrected chi connectivity index (χ4v) is 2.64. The van der Waals surface area contributed by atoms with E-state index in [1.807, 2.05) is 12.1 Å². The molecular weight excluding hydrogens is 348 g/mol. The molecule has 3 N–H and O–H groups in total. The highest BCUT2D eigenvalue weighted by atomic mass is 79.9. The van der Waals surface area contributed by atoms with E-state index in [1.165, 1.54) is 4.90 Å². The Morgan fingerprint density at radius 3 is 2.42 bits per heavy atom. The highest BCUT2D eigenvalue weighted by Gasteiger charge is 2.21. The van der Waals surface area contributed by atoms with Gasteiger partial charge in [-0.1, -0.05) is 15.9 Å². The first-order chi connectivity index (χ1) is 8.30. The zero-order chi connectivity index (χ0) is 13.8. The fraction of sp³-hybridized carbons (Fsp3) is 0.462. The van der Waals surface area contributed by atoms with Gasteiger partial charge in [-0.15, -0.1) is 24.2 Å². The summed E-state index contributed by atoms with van der Waals surface area (Å²) in [6.07, 6.45) is 0. The maximum atomic E-state index is 11.4. The van der Waals surface area contributed by atoms with E-state index < -0.39 is 6.04 Å². The molecule has 19 heavy (non-hydrogen) atoms. The first-order valence-electron chi connectivity index (χ1n) is 5.78. The second kappa shape index (κ2) is 8.15. The van der Waals surface area contributed by atoms with Crippen LogP contribution < -0.4 is 11.1 Å². The van der Waals surface area contributed by atoms with Crippen LogP contribution in [0.15, 0.2) is 33.6 Å². The molecule has 1 atom stereocenters. The van der Waals surface area contributed by atoms with Crippen molar-refractivity contribution in [3.8, 4) is 0 Å². The third-order valence-corrected chi connectivity index (χ3v) is 4.04. The van der Waals surface area contributed by atoms with Crippen molar-refractivity contribution in [1.82, 2.24) is 5.32 Å². The van der Waals surface area contributed by atoms with Gasteiger partial charge in [0.1, 0.15) is 0 Å². The highest BCUT2D eigenvalue weighted by molar-refractivity contribution is 9.10. The summed E-state index contributed by atoms with van der Waals surface area (Å²) in [5, 5.41) is 2.86. The minimum absolute atomic E-state index is 0. The van der Waals surface area contributed by atoms with Gasteiger partial charge in [-0.3, -0.25) is 4.79 Å². The summed E-state index contributed by atoms with van der Waals surface area (Å²) in [6, 6.07) is 7.68. The molecule has 3 nitrogen and oxygen atoms in total. The number of benzene rings is 1. The Morgan fingerprint density at radius 1 is 1.42 bits per heavy atom. The second-order valence-corrected chi connectivity index (χ2v) is 7.52. The van der Waals surface area contributed by atoms with Crippen LogP contribution in [0.25, 0.3) is 0 Å². The Morgan fingerprint density at radius 2 is 1.95 bits per heavy atom. The van der Waals surface area contributed by atoms with Crippen LogP contribution in [0.2, 0.25) is 0 Å². The molecule has 0 aliphatic carbocycles. The molecule has 0 saturated carbocycles. The summed E-state index contributed by atoms with van der Waals surface area (Å²) in [5.74, 6) is -0.112. The summed E-state index contributed by atoms with van der Waals surface area (Å²) in [6.45, 7) is 6.47. The molecule has 6 heteroatoms. The average molecular weight is 368 g/mol. The summed E-state index contributed by atoms with van der Waals surface area (Å²) < 4.78 is 0.994. The smallest absolute Gasteiger partial charge is 0.236 e. The van der Waals surface area contributed by atoms with E-state index in [9.17, 15) is 4.79 Å². The van der Waals surface area contributed by atoms with E-state index in [0.29, 0.717) is 6.54 Å². The quantitative estimate of drug-likeness (QED) is 0.786. The number of nitrogens with two attached hydrogens (primary N) is 1. The summed E-state index contributed by atoms with van der Waals surface area (Å²) in [7, 11) is 0. The lowest BCUT2D eigenvalue weighted by Crippen LogP contribution is -2.43. The van der Waals surface area contributed by atoms with Crippen molar-refractivity contribution in [2.75, 3.05) is 6.54 Å². The lowest BCUT2D eigenvalue weighted by atomic mass is 10.2. The van der Waals surface area contributed by atoms with Gasteiger partial charge in [0.2, 0.25) is 5.91 Å². The first-order valence-corrected chi connectivity index (χ1v) is 7.39. The molecule has 0 bridgehead atoms. The first kappa shape index (κ1) is 18.8. The normalized spacial score (nSPS) is 12.5. The van der Waals surface area contributed by atoms with Crippen molar-refractivity contribution in [1.29, 1.82) is 0 Å². The summed E-state index contributed by atoms with van der Waals surface area (Å²) in [5.41, 5.74) is 5.51. The van der Waals surface area contributed by atoms with Crippen LogP contribution in [0.1, 0.15) is 20.8 Å². The van der Waals surface area contributed by atoms with Gasteiger partial charge in [0, 0.05) is 20.7 Å². The molecule has 0 saturated heterocycles. The molecule has 0 aliphatic rings. The molecule has 0 fully saturated rings. The largest absolute Gasteiger partial charge is 0.353 e. The van der Waals surface area contributed by atoms with Crippen LogP contribution >= 0.6 is 40.1 Å². The predicted octanol–water partition coefficient (Wildman–Crippen LogP) is 3.21. The van der Waals surface area contributed by atoms with Crippen molar-refractivity contribution in [2.45, 2.75) is 36.5 Å². The molecule has 1 aromatic rings. The molecule has 0 radical (unpaired) electrons. The van der Waals surface area contributed by atoms with Crippen molar-refractivity contribution in [3.63, 3.8) is 0 Å². The Labute approximate surface area is 133 Å². The van der Waals surface area contributed by atoms with E-state index in [1.54, 1.807) is 18.7 Å². The van der Waals surface area contributed by atoms with Gasteiger partial charge in [0.25, 0.3) is 0 Å². The fourth-order valence-electron chi connectivity index (χ4n) is 1.32. The van der Waals surface area contributed by atoms with Gasteiger partial charge in [0.15, 0.2) is 0 Å². The number of rotatable bonds is 5. The number of hydrogen-bond donors (Lipinski definition) is 2. The topological polar surface area (TPSA) is 55.1 Å². The third-order valence-electron chi connectivity index (χ3n) is 2.31. The number of amides is 1. The van der Waals surface area contributed by atoms with Gasteiger partial charge in [0.05, 0.1) is 6.04 Å². The molecular formula is C13H20BrClN2OS. The van der Waals surface area contributed by atoms with E-state index in [2.05, 4.69) is 47.2 Å². The minimum atomic E-state index is -0.460. The predicted molar refractivity (Wildman–Crippen MR) is 88.0 cm³/mol. The zero-order valence-electron chi connectivity index (χ0n) is 11.3. The maximum Gasteiger partial charge on any atom is 0.236 e. The Bertz CT molecular complexity index is 410. The van der Waals surface area contributed by atoms with Crippen LogP contribution in [0.5, 0.6) is 0 Å². The van der Waals surface area contributed by atoms with Crippen LogP contribution in [0, 0.1) is 0 Å². The zero-order valence-corrected chi connectivity index (χ0v) is 14.5. The Hall–Kier alpha value is -0.230. The Kier molecular flexibility index (Phi) is 8.05. The standard InChI is InChI=1S/C13H19BrN2OS.ClH/c1-9(15)12(17)16-8-13(2,3)18-11-6-4-10(14)5-7-11;/h4-7,9H,8,15H2,1-3H3,(H,16,17);1H/t9-;/m1./s1. The van der Waals surface area contributed by atoms with E-state index >= 15 is 0 Å². The minimum Gasteiger partial charge on any atom is -0.353 e. The van der Waals surface area contributed by atoms with Gasteiger partial charge >= 0.3 is 0 Å². The molecule has 0 spiro atoms. The lowest BCUT2D eigenvalue weighted by Gasteiger charge is -2.25. The van der Waals surface area contributed by atoms with Crippen LogP contribution in [-0.2, 0) is 4.79 Å². The van der Waals surface area contributed by atoms with Gasteiger partial charge < -0.3 is 11.1 Å². The third kappa shape index (κ3) is 7.20. The number of thioether (sulfide) groups is 1. The molecule has 1 rings (SSSR count). The Balaban J connectivity index is 0.00000324. The van der Waals surface area contributed by atoms with E-state index in [-0.39, 0.29) is 23.1 Å². The van der Waals surface area contributed by atoms with Gasteiger partial charge in [-0.25, -0.2) is 0 Å². The van der Waals surface area contributed by atoms with Gasteiger partial charge in [-0.05, 0) is 45.0 Å². The van der Waals surface area contributed by atoms with Crippen LogP contribution in [-0.4, -0.2) is 23.2 Å². The number of carbonyl (C=O) groups is 1. The number of hydrogen-bond acceptors (Lipinski definition) is 3. The van der Waals surface area contributed by atoms with Crippen molar-refractivity contribution in [2.24, 2.45) is 5.73 Å². The monoisotopic (exact) mass is 366 g/mol. The number of nitrogens with one attached hydrogen (secondary N) is 1. The van der Waals surface area contributed by atoms with E-state index in [4.69, 9.17) is 5.73 Å². The van der Waals surface area contributed by atoms with Crippen LogP contribution in [0.3, 0.4) is 0 Å². The molecule has 0 unspecified atom stereocenters. The second-order valence-electron chi connectivity index (χ2n) is 4.82. The highest BCUT2D eigenvalue weighted by Crippen LogP contribution is 2.32.